The lowest BCUT2D eigenvalue weighted by molar-refractivity contribution is -0.0191. The molecule has 0 unspecified atom stereocenters. The number of likely N-dealkylation sites (tertiary alicyclic amines) is 1. The van der Waals surface area contributed by atoms with E-state index in [0.717, 1.165) is 38.1 Å². The fourth-order valence-corrected chi connectivity index (χ4v) is 2.54. The van der Waals surface area contributed by atoms with Gasteiger partial charge in [0.05, 0.1) is 0 Å². The summed E-state index contributed by atoms with van der Waals surface area (Å²) in [5.41, 5.74) is 1.33. The smallest absolute Gasteiger partial charge is 0.123 e. The molecule has 20 heavy (non-hydrogen) atoms. The number of nitrogens with zero attached hydrogens (tertiary/aromatic N) is 1. The molecule has 0 atom stereocenters. The van der Waals surface area contributed by atoms with Crippen LogP contribution in [0.1, 0.15) is 53.9 Å². The zero-order valence-electron chi connectivity index (χ0n) is 14.3. The molecule has 0 radical (unpaired) electrons. The molecule has 2 heterocycles. The lowest BCUT2D eigenvalue weighted by Crippen LogP contribution is -2.42. The maximum atomic E-state index is 6.18. The first-order valence-electron chi connectivity index (χ1n) is 8.05. The first-order chi connectivity index (χ1) is 9.69. The predicted molar refractivity (Wildman–Crippen MR) is 89.9 cm³/mol. The molecule has 1 fully saturated rings. The van der Waals surface area contributed by atoms with Gasteiger partial charge in [0.15, 0.2) is 0 Å². The standard InChI is InChI=1S/C14H21NO.2C2H6/c1-4-6-13-12(5-2)11-14(16-13)7-9-15(3)10-8-14;2*1-2/h4-6H,2,7-11H2,1,3H3;2*1-2H3/b6-4-;;. The molecule has 0 aromatic heterocycles. The van der Waals surface area contributed by atoms with Gasteiger partial charge in [-0.3, -0.25) is 0 Å². The Balaban J connectivity index is 0.000000829. The molecule has 0 saturated carbocycles. The predicted octanol–water partition coefficient (Wildman–Crippen LogP) is 4.94. The maximum Gasteiger partial charge on any atom is 0.123 e. The fourth-order valence-electron chi connectivity index (χ4n) is 2.54. The van der Waals surface area contributed by atoms with Crippen molar-refractivity contribution in [2.24, 2.45) is 0 Å². The molecule has 0 N–H and O–H groups in total. The van der Waals surface area contributed by atoms with E-state index < -0.39 is 0 Å². The minimum atomic E-state index is 0.0604. The van der Waals surface area contributed by atoms with E-state index in [9.17, 15) is 0 Å². The van der Waals surface area contributed by atoms with E-state index in [1.54, 1.807) is 0 Å². The zero-order valence-corrected chi connectivity index (χ0v) is 14.3. The maximum absolute atomic E-state index is 6.18. The Kier molecular flexibility index (Phi) is 9.32. The third-order valence-electron chi connectivity index (χ3n) is 3.62. The molecule has 2 aliphatic rings. The van der Waals surface area contributed by atoms with Gasteiger partial charge in [0.1, 0.15) is 11.4 Å². The van der Waals surface area contributed by atoms with Crippen LogP contribution in [0, 0.1) is 0 Å². The summed E-state index contributed by atoms with van der Waals surface area (Å²) in [6.45, 7) is 16.2. The van der Waals surface area contributed by atoms with Crippen LogP contribution in [0.3, 0.4) is 0 Å². The second-order valence-electron chi connectivity index (χ2n) is 4.86. The van der Waals surface area contributed by atoms with Gasteiger partial charge in [0.2, 0.25) is 0 Å². The van der Waals surface area contributed by atoms with Crippen LogP contribution in [0.4, 0.5) is 0 Å². The van der Waals surface area contributed by atoms with Crippen molar-refractivity contribution in [1.82, 2.24) is 4.90 Å². The van der Waals surface area contributed by atoms with Gasteiger partial charge < -0.3 is 9.64 Å². The first kappa shape index (κ1) is 19.0. The SMILES string of the molecule is C=CC1=C(/C=C\C)OC2(CCN(C)CC2)C1.CC.CC. The number of rotatable bonds is 2. The van der Waals surface area contributed by atoms with Crippen molar-refractivity contribution in [3.05, 3.63) is 36.1 Å². The Morgan fingerprint density at radius 3 is 2.15 bits per heavy atom. The topological polar surface area (TPSA) is 12.5 Å². The Bertz CT molecular complexity index is 333. The second kappa shape index (κ2) is 9.82. The van der Waals surface area contributed by atoms with E-state index in [1.807, 2.05) is 46.8 Å². The lowest BCUT2D eigenvalue weighted by Gasteiger charge is -2.37. The summed E-state index contributed by atoms with van der Waals surface area (Å²) in [6.07, 6.45) is 9.33. The molecule has 1 saturated heterocycles. The molecule has 0 aromatic carbocycles. The highest BCUT2D eigenvalue weighted by molar-refractivity contribution is 5.34. The van der Waals surface area contributed by atoms with Gasteiger partial charge in [-0.25, -0.2) is 0 Å². The van der Waals surface area contributed by atoms with Crippen LogP contribution in [0.5, 0.6) is 0 Å². The molecular formula is C18H33NO. The normalized spacial score (nSPS) is 20.9. The van der Waals surface area contributed by atoms with Crippen molar-refractivity contribution in [2.75, 3.05) is 20.1 Å². The van der Waals surface area contributed by atoms with Crippen LogP contribution < -0.4 is 0 Å². The van der Waals surface area contributed by atoms with Crippen LogP contribution >= 0.6 is 0 Å². The van der Waals surface area contributed by atoms with Gasteiger partial charge in [-0.1, -0.05) is 46.4 Å². The van der Waals surface area contributed by atoms with Gasteiger partial charge in [0, 0.05) is 32.4 Å². The highest BCUT2D eigenvalue weighted by Crippen LogP contribution is 2.41. The molecule has 0 bridgehead atoms. The van der Waals surface area contributed by atoms with E-state index in [-0.39, 0.29) is 5.60 Å². The molecule has 2 aliphatic heterocycles. The molecule has 2 heteroatoms. The Hall–Kier alpha value is -1.02. The molecule has 116 valence electrons. The van der Waals surface area contributed by atoms with Crippen molar-refractivity contribution in [3.63, 3.8) is 0 Å². The fraction of sp³-hybridized carbons (Fsp3) is 0.667. The minimum Gasteiger partial charge on any atom is -0.487 e. The Labute approximate surface area is 126 Å². The summed E-state index contributed by atoms with van der Waals surface area (Å²) in [7, 11) is 2.18. The van der Waals surface area contributed by atoms with Crippen LogP contribution in [0.25, 0.3) is 0 Å². The zero-order chi connectivity index (χ0) is 15.6. The van der Waals surface area contributed by atoms with E-state index in [4.69, 9.17) is 4.74 Å². The molecular weight excluding hydrogens is 246 g/mol. The van der Waals surface area contributed by atoms with Gasteiger partial charge in [-0.2, -0.15) is 0 Å². The Morgan fingerprint density at radius 2 is 1.70 bits per heavy atom. The summed E-state index contributed by atoms with van der Waals surface area (Å²) in [5, 5.41) is 0. The summed E-state index contributed by atoms with van der Waals surface area (Å²) in [4.78, 5) is 2.37. The van der Waals surface area contributed by atoms with Gasteiger partial charge in [-0.15, -0.1) is 0 Å². The summed E-state index contributed by atoms with van der Waals surface area (Å²) < 4.78 is 6.18. The number of hydrogen-bond acceptors (Lipinski definition) is 2. The van der Waals surface area contributed by atoms with E-state index in [2.05, 4.69) is 24.6 Å². The minimum absolute atomic E-state index is 0.0604. The van der Waals surface area contributed by atoms with Gasteiger partial charge >= 0.3 is 0 Å². The first-order valence-corrected chi connectivity index (χ1v) is 8.05. The monoisotopic (exact) mass is 279 g/mol. The van der Waals surface area contributed by atoms with E-state index >= 15 is 0 Å². The number of allylic oxidation sites excluding steroid dienone is 3. The highest BCUT2D eigenvalue weighted by atomic mass is 16.5. The average Bonchev–Trinajstić information content (AvgIpc) is 2.85. The summed E-state index contributed by atoms with van der Waals surface area (Å²) in [6, 6.07) is 0. The van der Waals surface area contributed by atoms with Gasteiger partial charge in [-0.05, 0) is 25.6 Å². The van der Waals surface area contributed by atoms with Crippen molar-refractivity contribution >= 4 is 0 Å². The van der Waals surface area contributed by atoms with Crippen molar-refractivity contribution in [1.29, 1.82) is 0 Å². The lowest BCUT2D eigenvalue weighted by atomic mass is 9.87. The van der Waals surface area contributed by atoms with E-state index in [0.29, 0.717) is 0 Å². The number of piperidine rings is 1. The van der Waals surface area contributed by atoms with Crippen LogP contribution in [0.2, 0.25) is 0 Å². The molecule has 0 amide bonds. The molecule has 0 aromatic rings. The largest absolute Gasteiger partial charge is 0.487 e. The summed E-state index contributed by atoms with van der Waals surface area (Å²) >= 11 is 0. The average molecular weight is 279 g/mol. The van der Waals surface area contributed by atoms with Crippen LogP contribution in [-0.4, -0.2) is 30.6 Å². The molecule has 1 spiro atoms. The molecule has 0 aliphatic carbocycles. The highest BCUT2D eigenvalue weighted by Gasteiger charge is 2.41. The van der Waals surface area contributed by atoms with Crippen LogP contribution in [0.15, 0.2) is 36.1 Å². The molecule has 2 rings (SSSR count). The van der Waals surface area contributed by atoms with E-state index in [1.165, 1.54) is 5.57 Å². The second-order valence-corrected chi connectivity index (χ2v) is 4.86. The third kappa shape index (κ3) is 4.82. The Morgan fingerprint density at radius 1 is 1.15 bits per heavy atom. The molecule has 2 nitrogen and oxygen atoms in total. The third-order valence-corrected chi connectivity index (χ3v) is 3.62. The van der Waals surface area contributed by atoms with Crippen molar-refractivity contribution in [2.45, 2.75) is 59.5 Å². The van der Waals surface area contributed by atoms with Crippen molar-refractivity contribution < 1.29 is 4.74 Å². The van der Waals surface area contributed by atoms with Crippen LogP contribution in [-0.2, 0) is 4.74 Å². The quantitative estimate of drug-likeness (QED) is 0.710. The number of hydrogen-bond donors (Lipinski definition) is 0. The van der Waals surface area contributed by atoms with Gasteiger partial charge in [0.25, 0.3) is 0 Å². The summed E-state index contributed by atoms with van der Waals surface area (Å²) in [5.74, 6) is 1.03. The number of ether oxygens (including phenoxy) is 1. The van der Waals surface area contributed by atoms with Crippen molar-refractivity contribution in [3.8, 4) is 0 Å².